The van der Waals surface area contributed by atoms with Crippen molar-refractivity contribution in [1.82, 2.24) is 9.88 Å². The number of hydrogen-bond acceptors (Lipinski definition) is 4. The van der Waals surface area contributed by atoms with E-state index in [0.717, 1.165) is 18.8 Å². The fraction of sp³-hybridized carbons (Fsp3) is 0.571. The first kappa shape index (κ1) is 13.8. The van der Waals surface area contributed by atoms with Crippen molar-refractivity contribution in [3.63, 3.8) is 0 Å². The summed E-state index contributed by atoms with van der Waals surface area (Å²) in [6.07, 6.45) is 2.54. The highest BCUT2D eigenvalue weighted by molar-refractivity contribution is 5.94. The summed E-state index contributed by atoms with van der Waals surface area (Å²) in [5.41, 5.74) is 0.578. The molecule has 2 rings (SSSR count). The molecule has 1 aliphatic heterocycles. The van der Waals surface area contributed by atoms with E-state index in [0.29, 0.717) is 18.0 Å². The molecule has 1 amide bonds. The molecule has 2 heterocycles. The molecule has 19 heavy (non-hydrogen) atoms. The molecule has 1 fully saturated rings. The third kappa shape index (κ3) is 2.87. The highest BCUT2D eigenvalue weighted by Gasteiger charge is 2.34. The van der Waals surface area contributed by atoms with Crippen LogP contribution in [0.3, 0.4) is 0 Å². The minimum Gasteiger partial charge on any atom is -0.394 e. The summed E-state index contributed by atoms with van der Waals surface area (Å²) < 4.78 is 0. The molecule has 2 atom stereocenters. The Hall–Kier alpha value is -1.62. The Morgan fingerprint density at radius 3 is 2.95 bits per heavy atom. The van der Waals surface area contributed by atoms with Crippen LogP contribution < -0.4 is 5.32 Å². The Balaban J connectivity index is 2.11. The number of amides is 1. The van der Waals surface area contributed by atoms with Gasteiger partial charge in [0, 0.05) is 19.3 Å². The quantitative estimate of drug-likeness (QED) is 0.860. The number of nitrogens with zero attached hydrogens (tertiary/aromatic N) is 2. The number of aliphatic hydroxyl groups excluding tert-OH is 1. The molecule has 2 N–H and O–H groups in total. The SMILES string of the molecule is CCNc1ccc(C(=O)N2CCC(C)C2CO)cn1. The van der Waals surface area contributed by atoms with Crippen molar-refractivity contribution in [3.8, 4) is 0 Å². The van der Waals surface area contributed by atoms with Gasteiger partial charge < -0.3 is 15.3 Å². The molecule has 2 unspecified atom stereocenters. The van der Waals surface area contributed by atoms with Crippen LogP contribution in [0.4, 0.5) is 5.82 Å². The second-order valence-corrected chi connectivity index (χ2v) is 4.98. The van der Waals surface area contributed by atoms with Crippen molar-refractivity contribution in [2.75, 3.05) is 25.0 Å². The van der Waals surface area contributed by atoms with Gasteiger partial charge in [-0.3, -0.25) is 4.79 Å². The van der Waals surface area contributed by atoms with Gasteiger partial charge in [0.15, 0.2) is 0 Å². The van der Waals surface area contributed by atoms with Crippen LogP contribution in [0.25, 0.3) is 0 Å². The number of nitrogens with one attached hydrogen (secondary N) is 1. The Morgan fingerprint density at radius 2 is 2.37 bits per heavy atom. The molecule has 0 bridgehead atoms. The molecule has 5 heteroatoms. The number of carbonyl (C=O) groups is 1. The first-order chi connectivity index (χ1) is 9.17. The topological polar surface area (TPSA) is 65.5 Å². The number of carbonyl (C=O) groups excluding carboxylic acids is 1. The zero-order valence-corrected chi connectivity index (χ0v) is 11.5. The summed E-state index contributed by atoms with van der Waals surface area (Å²) in [5, 5.41) is 12.5. The van der Waals surface area contributed by atoms with Crippen LogP contribution in [0.1, 0.15) is 30.6 Å². The first-order valence-corrected chi connectivity index (χ1v) is 6.79. The first-order valence-electron chi connectivity index (χ1n) is 6.79. The van der Waals surface area contributed by atoms with Gasteiger partial charge in [0.05, 0.1) is 18.2 Å². The monoisotopic (exact) mass is 263 g/mol. The van der Waals surface area contributed by atoms with E-state index >= 15 is 0 Å². The highest BCUT2D eigenvalue weighted by atomic mass is 16.3. The fourth-order valence-electron chi connectivity index (χ4n) is 2.51. The zero-order valence-electron chi connectivity index (χ0n) is 11.5. The molecule has 1 aliphatic rings. The molecule has 0 aliphatic carbocycles. The van der Waals surface area contributed by atoms with Gasteiger partial charge in [0.25, 0.3) is 5.91 Å². The maximum absolute atomic E-state index is 12.4. The van der Waals surface area contributed by atoms with Gasteiger partial charge in [0.1, 0.15) is 5.82 Å². The van der Waals surface area contributed by atoms with Crippen molar-refractivity contribution in [3.05, 3.63) is 23.9 Å². The van der Waals surface area contributed by atoms with Gasteiger partial charge in [-0.15, -0.1) is 0 Å². The maximum atomic E-state index is 12.4. The standard InChI is InChI=1S/C14H21N3O2/c1-3-15-13-5-4-11(8-16-13)14(19)17-7-6-10(2)12(17)9-18/h4-5,8,10,12,18H,3,6-7,9H2,1-2H3,(H,15,16). The van der Waals surface area contributed by atoms with Crippen molar-refractivity contribution in [1.29, 1.82) is 0 Å². The molecule has 0 aromatic carbocycles. The Morgan fingerprint density at radius 1 is 1.58 bits per heavy atom. The highest BCUT2D eigenvalue weighted by Crippen LogP contribution is 2.25. The lowest BCUT2D eigenvalue weighted by molar-refractivity contribution is 0.0648. The van der Waals surface area contributed by atoms with Crippen molar-refractivity contribution >= 4 is 11.7 Å². The van der Waals surface area contributed by atoms with Crippen molar-refractivity contribution < 1.29 is 9.90 Å². The number of likely N-dealkylation sites (tertiary alicyclic amines) is 1. The van der Waals surface area contributed by atoms with E-state index in [1.807, 2.05) is 13.0 Å². The lowest BCUT2D eigenvalue weighted by Crippen LogP contribution is -2.39. The van der Waals surface area contributed by atoms with Gasteiger partial charge >= 0.3 is 0 Å². The van der Waals surface area contributed by atoms with Crippen LogP contribution in [0.15, 0.2) is 18.3 Å². The van der Waals surface area contributed by atoms with Crippen LogP contribution in [0, 0.1) is 5.92 Å². The molecule has 1 aromatic heterocycles. The van der Waals surface area contributed by atoms with E-state index in [4.69, 9.17) is 0 Å². The molecule has 104 valence electrons. The normalized spacial score (nSPS) is 22.6. The Labute approximate surface area is 113 Å². The molecular formula is C14H21N3O2. The third-order valence-corrected chi connectivity index (χ3v) is 3.70. The number of pyridine rings is 1. The smallest absolute Gasteiger partial charge is 0.255 e. The van der Waals surface area contributed by atoms with E-state index < -0.39 is 0 Å². The van der Waals surface area contributed by atoms with Crippen LogP contribution >= 0.6 is 0 Å². The predicted octanol–water partition coefficient (Wildman–Crippen LogP) is 1.36. The summed E-state index contributed by atoms with van der Waals surface area (Å²) in [6.45, 7) is 5.60. The van der Waals surface area contributed by atoms with Crippen molar-refractivity contribution in [2.45, 2.75) is 26.3 Å². The predicted molar refractivity (Wildman–Crippen MR) is 74.1 cm³/mol. The largest absolute Gasteiger partial charge is 0.394 e. The summed E-state index contributed by atoms with van der Waals surface area (Å²) in [4.78, 5) is 18.4. The minimum absolute atomic E-state index is 0.0236. The van der Waals surface area contributed by atoms with Crippen LogP contribution in [0.5, 0.6) is 0 Å². The van der Waals surface area contributed by atoms with Gasteiger partial charge in [-0.05, 0) is 31.4 Å². The molecular weight excluding hydrogens is 242 g/mol. The van der Waals surface area contributed by atoms with Gasteiger partial charge in [0.2, 0.25) is 0 Å². The van der Waals surface area contributed by atoms with Gasteiger partial charge in [-0.2, -0.15) is 0 Å². The minimum atomic E-state index is -0.0686. The molecule has 0 radical (unpaired) electrons. The zero-order chi connectivity index (χ0) is 13.8. The lowest BCUT2D eigenvalue weighted by Gasteiger charge is -2.25. The van der Waals surface area contributed by atoms with E-state index in [9.17, 15) is 9.90 Å². The average Bonchev–Trinajstić information content (AvgIpc) is 2.80. The van der Waals surface area contributed by atoms with Crippen molar-refractivity contribution in [2.24, 2.45) is 5.92 Å². The van der Waals surface area contributed by atoms with E-state index in [-0.39, 0.29) is 18.6 Å². The molecule has 5 nitrogen and oxygen atoms in total. The van der Waals surface area contributed by atoms with E-state index in [1.165, 1.54) is 0 Å². The number of rotatable bonds is 4. The third-order valence-electron chi connectivity index (χ3n) is 3.70. The Kier molecular flexibility index (Phi) is 4.37. The molecule has 1 aromatic rings. The van der Waals surface area contributed by atoms with Crippen LogP contribution in [-0.4, -0.2) is 46.6 Å². The van der Waals surface area contributed by atoms with Gasteiger partial charge in [-0.1, -0.05) is 6.92 Å². The molecule has 0 spiro atoms. The number of hydrogen-bond donors (Lipinski definition) is 2. The van der Waals surface area contributed by atoms with Crippen LogP contribution in [-0.2, 0) is 0 Å². The second kappa shape index (κ2) is 6.02. The number of aromatic nitrogens is 1. The van der Waals surface area contributed by atoms with E-state index in [1.54, 1.807) is 17.2 Å². The molecule has 1 saturated heterocycles. The average molecular weight is 263 g/mol. The number of aliphatic hydroxyl groups is 1. The summed E-state index contributed by atoms with van der Waals surface area (Å²) in [5.74, 6) is 1.08. The summed E-state index contributed by atoms with van der Waals surface area (Å²) >= 11 is 0. The second-order valence-electron chi connectivity index (χ2n) is 4.98. The van der Waals surface area contributed by atoms with E-state index in [2.05, 4.69) is 17.2 Å². The van der Waals surface area contributed by atoms with Gasteiger partial charge in [-0.25, -0.2) is 4.98 Å². The summed E-state index contributed by atoms with van der Waals surface area (Å²) in [7, 11) is 0. The fourth-order valence-corrected chi connectivity index (χ4v) is 2.51. The lowest BCUT2D eigenvalue weighted by atomic mass is 10.0. The number of anilines is 1. The summed E-state index contributed by atoms with van der Waals surface area (Å²) in [6, 6.07) is 3.52. The maximum Gasteiger partial charge on any atom is 0.255 e. The molecule has 0 saturated carbocycles. The van der Waals surface area contributed by atoms with Crippen LogP contribution in [0.2, 0.25) is 0 Å². The Bertz CT molecular complexity index is 433.